The van der Waals surface area contributed by atoms with E-state index in [9.17, 15) is 0 Å². The van der Waals surface area contributed by atoms with Crippen LogP contribution in [0.5, 0.6) is 0 Å². The van der Waals surface area contributed by atoms with E-state index in [1.165, 1.54) is 0 Å². The quantitative estimate of drug-likeness (QED) is 0.0327. The number of benzene rings is 4. The van der Waals surface area contributed by atoms with Gasteiger partial charge in [0.1, 0.15) is 0 Å². The molecule has 0 N–H and O–H groups in total. The van der Waals surface area contributed by atoms with Crippen molar-refractivity contribution in [2.45, 2.75) is 71.2 Å². The summed E-state index contributed by atoms with van der Waals surface area (Å²) in [6.45, 7) is 16.0. The summed E-state index contributed by atoms with van der Waals surface area (Å²) < 4.78 is 91.1. The van der Waals surface area contributed by atoms with Gasteiger partial charge < -0.3 is 75.8 Å². The summed E-state index contributed by atoms with van der Waals surface area (Å²) in [6.07, 6.45) is 2.81. The number of pyridine rings is 3. The minimum atomic E-state index is -0.0449. The van der Waals surface area contributed by atoms with E-state index in [2.05, 4.69) is 127 Å². The van der Waals surface area contributed by atoms with Crippen LogP contribution in [-0.2, 0) is 109 Å². The average molecular weight is 1300 g/mol. The molecule has 0 unspecified atom stereocenters. The Kier molecular flexibility index (Phi) is 34.7. The molecule has 512 valence electrons. The molecule has 20 nitrogen and oxygen atoms in total. The Labute approximate surface area is 555 Å². The molecule has 0 saturated carbocycles. The van der Waals surface area contributed by atoms with E-state index in [-0.39, 0.29) is 12.1 Å². The molecule has 20 heteroatoms. The summed E-state index contributed by atoms with van der Waals surface area (Å²) in [5.41, 5.74) is 12.0. The van der Waals surface area contributed by atoms with Gasteiger partial charge in [-0.25, -0.2) is 0 Å². The van der Waals surface area contributed by atoms with Crippen molar-refractivity contribution in [2.75, 3.05) is 187 Å². The second-order valence-electron chi connectivity index (χ2n) is 22.6. The number of fused-ring (bicyclic) bond motifs is 2. The SMILES string of the molecule is COCCOCCOCCOCc1cccc2cc(-c3cccc([C@@H]4CCC[C@@H](c5cccc(-c6ccc(COCCOCCOCCOC)c7c(COCCOCCOCCOC)cccc67)n5)N4Cc4cccc(C)n4)n3)cc(COCCOCCOCCOC)c12. The Balaban J connectivity index is 1.04. The molecular weight excluding hydrogens is 1200 g/mol. The summed E-state index contributed by atoms with van der Waals surface area (Å²) in [5.74, 6) is 0. The lowest BCUT2D eigenvalue weighted by molar-refractivity contribution is 0.000526. The van der Waals surface area contributed by atoms with Crippen LogP contribution in [0.15, 0.2) is 115 Å². The molecule has 4 aromatic carbocycles. The molecule has 0 bridgehead atoms. The van der Waals surface area contributed by atoms with Crippen molar-refractivity contribution in [1.29, 1.82) is 0 Å². The van der Waals surface area contributed by atoms with Crippen molar-refractivity contribution in [1.82, 2.24) is 19.9 Å². The minimum absolute atomic E-state index is 0.0436. The number of methoxy groups -OCH3 is 4. The molecule has 0 spiro atoms. The molecule has 0 radical (unpaired) electrons. The third-order valence-electron chi connectivity index (χ3n) is 15.9. The number of rotatable bonds is 50. The Bertz CT molecular complexity index is 3200. The summed E-state index contributed by atoms with van der Waals surface area (Å²) in [7, 11) is 6.64. The molecule has 1 fully saturated rings. The van der Waals surface area contributed by atoms with E-state index in [4.69, 9.17) is 90.7 Å². The van der Waals surface area contributed by atoms with Crippen molar-refractivity contribution in [3.05, 3.63) is 160 Å². The lowest BCUT2D eigenvalue weighted by atomic mass is 9.90. The zero-order valence-electron chi connectivity index (χ0n) is 56.1. The molecule has 1 saturated heterocycles. The number of hydrogen-bond donors (Lipinski definition) is 0. The van der Waals surface area contributed by atoms with E-state index >= 15 is 0 Å². The number of aromatic nitrogens is 3. The van der Waals surface area contributed by atoms with Gasteiger partial charge in [0.05, 0.1) is 226 Å². The van der Waals surface area contributed by atoms with E-state index in [0.29, 0.717) is 192 Å². The number of hydrogen-bond acceptors (Lipinski definition) is 20. The molecule has 7 aromatic rings. The van der Waals surface area contributed by atoms with Crippen LogP contribution in [0.1, 0.15) is 76.4 Å². The van der Waals surface area contributed by atoms with Crippen LogP contribution in [0.4, 0.5) is 0 Å². The number of nitrogens with zero attached hydrogens (tertiary/aromatic N) is 4. The number of ether oxygens (including phenoxy) is 16. The van der Waals surface area contributed by atoms with Crippen LogP contribution in [-0.4, -0.2) is 207 Å². The van der Waals surface area contributed by atoms with Crippen molar-refractivity contribution < 1.29 is 75.8 Å². The fraction of sp³-hybridized carbons (Fsp3) is 0.527. The van der Waals surface area contributed by atoms with Crippen molar-refractivity contribution in [3.63, 3.8) is 0 Å². The van der Waals surface area contributed by atoms with Gasteiger partial charge in [-0.1, -0.05) is 66.7 Å². The first-order valence-electron chi connectivity index (χ1n) is 33.1. The molecule has 94 heavy (non-hydrogen) atoms. The van der Waals surface area contributed by atoms with Crippen LogP contribution in [0.3, 0.4) is 0 Å². The largest absolute Gasteiger partial charge is 0.382 e. The number of likely N-dealkylation sites (tertiary alicyclic amines) is 1. The predicted molar refractivity (Wildman–Crippen MR) is 361 cm³/mol. The molecule has 0 amide bonds. The second-order valence-corrected chi connectivity index (χ2v) is 22.6. The number of aryl methyl sites for hydroxylation is 1. The molecule has 3 aromatic heterocycles. The first kappa shape index (κ1) is 74.0. The molecule has 2 atom stereocenters. The Hall–Kier alpha value is -5.83. The van der Waals surface area contributed by atoms with Gasteiger partial charge in [0.15, 0.2) is 0 Å². The first-order valence-corrected chi connectivity index (χ1v) is 33.1. The van der Waals surface area contributed by atoms with Gasteiger partial charge in [-0.15, -0.1) is 0 Å². The zero-order valence-corrected chi connectivity index (χ0v) is 56.1. The summed E-state index contributed by atoms with van der Waals surface area (Å²) in [4.78, 5) is 18.9. The van der Waals surface area contributed by atoms with Gasteiger partial charge in [-0.2, -0.15) is 0 Å². The van der Waals surface area contributed by atoms with Crippen molar-refractivity contribution in [3.8, 4) is 22.5 Å². The lowest BCUT2D eigenvalue weighted by Gasteiger charge is -2.41. The molecule has 8 rings (SSSR count). The fourth-order valence-corrected chi connectivity index (χ4v) is 11.4. The Morgan fingerprint density at radius 3 is 1.26 bits per heavy atom. The van der Waals surface area contributed by atoms with Gasteiger partial charge in [0.2, 0.25) is 0 Å². The maximum atomic E-state index is 6.39. The predicted octanol–water partition coefficient (Wildman–Crippen LogP) is 11.1. The normalized spacial score (nSPS) is 14.5. The monoisotopic (exact) mass is 1300 g/mol. The topological polar surface area (TPSA) is 190 Å². The highest BCUT2D eigenvalue weighted by atomic mass is 16.6. The molecular formula is C74H100N4O16. The molecule has 0 aliphatic carbocycles. The van der Waals surface area contributed by atoms with Crippen molar-refractivity contribution in [2.24, 2.45) is 0 Å². The van der Waals surface area contributed by atoms with Crippen LogP contribution >= 0.6 is 0 Å². The van der Waals surface area contributed by atoms with Crippen LogP contribution in [0, 0.1) is 6.92 Å². The maximum absolute atomic E-state index is 6.39. The lowest BCUT2D eigenvalue weighted by Crippen LogP contribution is -2.37. The van der Waals surface area contributed by atoms with E-state index < -0.39 is 0 Å². The van der Waals surface area contributed by atoms with Crippen LogP contribution in [0.25, 0.3) is 44.1 Å². The molecule has 1 aliphatic heterocycles. The third-order valence-corrected chi connectivity index (χ3v) is 15.9. The second kappa shape index (κ2) is 44.1. The highest BCUT2D eigenvalue weighted by Gasteiger charge is 2.35. The van der Waals surface area contributed by atoms with Gasteiger partial charge >= 0.3 is 0 Å². The average Bonchev–Trinajstić information content (AvgIpc) is 0.782. The van der Waals surface area contributed by atoms with E-state index in [1.54, 1.807) is 28.4 Å². The highest BCUT2D eigenvalue weighted by Crippen LogP contribution is 2.43. The first-order chi connectivity index (χ1) is 46.5. The van der Waals surface area contributed by atoms with Gasteiger partial charge in [0, 0.05) is 51.8 Å². The zero-order chi connectivity index (χ0) is 65.5. The summed E-state index contributed by atoms with van der Waals surface area (Å²) >= 11 is 0. The van der Waals surface area contributed by atoms with Crippen LogP contribution < -0.4 is 0 Å². The van der Waals surface area contributed by atoms with Crippen molar-refractivity contribution >= 4 is 21.5 Å². The van der Waals surface area contributed by atoms with Crippen LogP contribution in [0.2, 0.25) is 0 Å². The van der Waals surface area contributed by atoms with Gasteiger partial charge in [-0.05, 0) is 119 Å². The summed E-state index contributed by atoms with van der Waals surface area (Å²) in [6, 6.07) is 40.7. The van der Waals surface area contributed by atoms with E-state index in [1.807, 2.05) is 0 Å². The fourth-order valence-electron chi connectivity index (χ4n) is 11.4. The van der Waals surface area contributed by atoms with Gasteiger partial charge in [0.25, 0.3) is 0 Å². The Morgan fingerprint density at radius 2 is 0.766 bits per heavy atom. The molecule has 1 aliphatic rings. The third kappa shape index (κ3) is 24.7. The summed E-state index contributed by atoms with van der Waals surface area (Å²) in [5, 5.41) is 4.32. The molecule has 4 heterocycles. The minimum Gasteiger partial charge on any atom is -0.382 e. The standard InChI is InChI=1S/C74H100N4O16/c1-57-12-6-16-64(75-57)52-78-71(69-20-9-18-67(76-69)62-50-58-13-7-14-59(53-91-46-42-87-38-34-83-30-26-79-2)73(58)63(51-62)56-94-49-45-90-41-37-86-33-29-82-5)22-11-23-72(78)70-21-10-19-68(77-70)65-25-24-61(55-93-48-44-89-40-36-85-32-28-81-4)74-60(15-8-17-66(65)74)54-92-47-43-88-39-35-84-31-27-80-3/h6-10,12-21,24-25,50-51,71-72H,11,22-23,26-49,52-56H2,1-5H3/t71-,72-/m0/s1. The van der Waals surface area contributed by atoms with E-state index in [0.717, 1.165) is 108 Å². The van der Waals surface area contributed by atoms with Gasteiger partial charge in [-0.3, -0.25) is 19.9 Å². The highest BCUT2D eigenvalue weighted by molar-refractivity contribution is 5.99. The Morgan fingerprint density at radius 1 is 0.362 bits per heavy atom. The smallest absolute Gasteiger partial charge is 0.0724 e. The maximum Gasteiger partial charge on any atom is 0.0724 e. The number of piperidine rings is 1.